The van der Waals surface area contributed by atoms with Gasteiger partial charge in [-0.1, -0.05) is 28.4 Å². The molecule has 2 rings (SSSR count). The average Bonchev–Trinajstić information content (AvgIpc) is 2.96. The van der Waals surface area contributed by atoms with Gasteiger partial charge >= 0.3 is 6.03 Å². The van der Waals surface area contributed by atoms with Crippen molar-refractivity contribution in [2.75, 3.05) is 6.54 Å². The third-order valence-corrected chi connectivity index (χ3v) is 3.67. The standard InChI is InChI=1S/C13H14Cl2FN5O/c1-8(11-9(14)2-3-10(16)12(11)15)19-13(22)17-4-6-21-7-5-18-20-21/h2-3,5,7-8H,4,6H2,1H3,(H2,17,19,22)/t8-/m1/s1. The zero-order chi connectivity index (χ0) is 16.1. The summed E-state index contributed by atoms with van der Waals surface area (Å²) in [5, 5.41) is 12.9. The van der Waals surface area contributed by atoms with Gasteiger partial charge in [-0.25, -0.2) is 9.18 Å². The van der Waals surface area contributed by atoms with Crippen LogP contribution in [-0.2, 0) is 6.54 Å². The Bertz CT molecular complexity index is 650. The van der Waals surface area contributed by atoms with E-state index in [-0.39, 0.29) is 5.02 Å². The van der Waals surface area contributed by atoms with E-state index in [1.807, 2.05) is 0 Å². The van der Waals surface area contributed by atoms with E-state index in [0.29, 0.717) is 23.7 Å². The molecule has 22 heavy (non-hydrogen) atoms. The second-order valence-corrected chi connectivity index (χ2v) is 5.33. The normalized spacial score (nSPS) is 12.0. The van der Waals surface area contributed by atoms with Gasteiger partial charge in [-0.05, 0) is 19.1 Å². The molecule has 0 aliphatic rings. The topological polar surface area (TPSA) is 71.8 Å². The molecule has 0 aliphatic carbocycles. The highest BCUT2D eigenvalue weighted by Crippen LogP contribution is 2.32. The van der Waals surface area contributed by atoms with Crippen molar-refractivity contribution in [3.8, 4) is 0 Å². The van der Waals surface area contributed by atoms with Crippen LogP contribution in [0.25, 0.3) is 0 Å². The Morgan fingerprint density at radius 1 is 1.45 bits per heavy atom. The molecule has 6 nitrogen and oxygen atoms in total. The van der Waals surface area contributed by atoms with Gasteiger partial charge in [0.1, 0.15) is 5.82 Å². The minimum absolute atomic E-state index is 0.0945. The number of nitrogens with one attached hydrogen (secondary N) is 2. The first-order valence-electron chi connectivity index (χ1n) is 6.51. The van der Waals surface area contributed by atoms with Gasteiger partial charge < -0.3 is 10.6 Å². The fourth-order valence-electron chi connectivity index (χ4n) is 1.90. The Morgan fingerprint density at radius 3 is 2.91 bits per heavy atom. The molecular weight excluding hydrogens is 332 g/mol. The maximum atomic E-state index is 13.5. The van der Waals surface area contributed by atoms with Crippen molar-refractivity contribution in [1.29, 1.82) is 0 Å². The highest BCUT2D eigenvalue weighted by molar-refractivity contribution is 6.36. The highest BCUT2D eigenvalue weighted by atomic mass is 35.5. The molecule has 0 spiro atoms. The van der Waals surface area contributed by atoms with Crippen LogP contribution in [0, 0.1) is 5.82 Å². The van der Waals surface area contributed by atoms with Crippen LogP contribution in [-0.4, -0.2) is 27.6 Å². The van der Waals surface area contributed by atoms with E-state index >= 15 is 0 Å². The van der Waals surface area contributed by atoms with Gasteiger partial charge in [0.2, 0.25) is 0 Å². The van der Waals surface area contributed by atoms with Gasteiger partial charge in [0.25, 0.3) is 0 Å². The molecule has 2 N–H and O–H groups in total. The molecule has 1 heterocycles. The first-order valence-corrected chi connectivity index (χ1v) is 7.26. The molecule has 2 aromatic rings. The number of amides is 2. The zero-order valence-electron chi connectivity index (χ0n) is 11.7. The SMILES string of the molecule is C[C@@H](NC(=O)NCCn1ccnn1)c1c(Cl)ccc(F)c1Cl. The Kier molecular flexibility index (Phi) is 5.57. The van der Waals surface area contributed by atoms with Gasteiger partial charge in [-0.2, -0.15) is 0 Å². The smallest absolute Gasteiger partial charge is 0.315 e. The van der Waals surface area contributed by atoms with Crippen LogP contribution in [0.5, 0.6) is 0 Å². The predicted molar refractivity (Wildman–Crippen MR) is 81.4 cm³/mol. The van der Waals surface area contributed by atoms with Crippen LogP contribution in [0.2, 0.25) is 10.0 Å². The van der Waals surface area contributed by atoms with E-state index in [9.17, 15) is 9.18 Å². The third-order valence-electron chi connectivity index (χ3n) is 2.96. The van der Waals surface area contributed by atoms with Crippen LogP contribution < -0.4 is 10.6 Å². The minimum Gasteiger partial charge on any atom is -0.336 e. The third kappa shape index (κ3) is 4.08. The van der Waals surface area contributed by atoms with E-state index in [4.69, 9.17) is 23.2 Å². The van der Waals surface area contributed by atoms with Crippen molar-refractivity contribution in [3.05, 3.63) is 46.0 Å². The summed E-state index contributed by atoms with van der Waals surface area (Å²) >= 11 is 11.9. The van der Waals surface area contributed by atoms with Crippen LogP contribution >= 0.6 is 23.2 Å². The summed E-state index contributed by atoms with van der Waals surface area (Å²) < 4.78 is 15.1. The van der Waals surface area contributed by atoms with E-state index < -0.39 is 17.9 Å². The first kappa shape index (κ1) is 16.5. The summed E-state index contributed by atoms with van der Waals surface area (Å²) in [6.45, 7) is 2.53. The van der Waals surface area contributed by atoms with Crippen LogP contribution in [0.4, 0.5) is 9.18 Å². The quantitative estimate of drug-likeness (QED) is 0.818. The lowest BCUT2D eigenvalue weighted by Gasteiger charge is -2.18. The zero-order valence-corrected chi connectivity index (χ0v) is 13.2. The Morgan fingerprint density at radius 2 is 2.23 bits per heavy atom. The molecule has 1 atom stereocenters. The molecule has 0 saturated heterocycles. The number of halogens is 3. The number of aromatic nitrogens is 3. The van der Waals surface area contributed by atoms with Crippen molar-refractivity contribution >= 4 is 29.2 Å². The minimum atomic E-state index is -0.582. The van der Waals surface area contributed by atoms with E-state index in [2.05, 4.69) is 20.9 Å². The number of hydrogen-bond donors (Lipinski definition) is 2. The monoisotopic (exact) mass is 345 g/mol. The molecule has 118 valence electrons. The lowest BCUT2D eigenvalue weighted by atomic mass is 10.1. The second kappa shape index (κ2) is 7.42. The molecule has 1 aromatic carbocycles. The summed E-state index contributed by atoms with van der Waals surface area (Å²) in [4.78, 5) is 11.8. The molecule has 0 fully saturated rings. The molecule has 0 aliphatic heterocycles. The largest absolute Gasteiger partial charge is 0.336 e. The number of nitrogens with zero attached hydrogens (tertiary/aromatic N) is 3. The molecular formula is C13H14Cl2FN5O. The van der Waals surface area contributed by atoms with Crippen molar-refractivity contribution in [1.82, 2.24) is 25.6 Å². The van der Waals surface area contributed by atoms with E-state index in [0.717, 1.165) is 0 Å². The molecule has 0 saturated carbocycles. The lowest BCUT2D eigenvalue weighted by Crippen LogP contribution is -2.38. The molecule has 0 unspecified atom stereocenters. The Balaban J connectivity index is 1.90. The number of carbonyl (C=O) groups excluding carboxylic acids is 1. The van der Waals surface area contributed by atoms with Crippen molar-refractivity contribution < 1.29 is 9.18 Å². The molecule has 1 aromatic heterocycles. The van der Waals surface area contributed by atoms with Crippen molar-refractivity contribution in [2.45, 2.75) is 19.5 Å². The summed E-state index contributed by atoms with van der Waals surface area (Å²) in [6.07, 6.45) is 3.24. The second-order valence-electron chi connectivity index (χ2n) is 4.54. The summed E-state index contributed by atoms with van der Waals surface area (Å²) in [5.74, 6) is -0.582. The summed E-state index contributed by atoms with van der Waals surface area (Å²) in [6, 6.07) is 1.63. The number of urea groups is 1. The van der Waals surface area contributed by atoms with E-state index in [1.54, 1.807) is 24.0 Å². The molecule has 0 bridgehead atoms. The van der Waals surface area contributed by atoms with Crippen molar-refractivity contribution in [2.24, 2.45) is 0 Å². The highest BCUT2D eigenvalue weighted by Gasteiger charge is 2.18. The Hall–Kier alpha value is -1.86. The van der Waals surface area contributed by atoms with Gasteiger partial charge in [0.15, 0.2) is 0 Å². The van der Waals surface area contributed by atoms with Gasteiger partial charge in [0, 0.05) is 23.3 Å². The van der Waals surface area contributed by atoms with Crippen LogP contribution in [0.1, 0.15) is 18.5 Å². The molecule has 0 radical (unpaired) electrons. The number of carbonyl (C=O) groups is 1. The first-order chi connectivity index (χ1) is 10.5. The van der Waals surface area contributed by atoms with Gasteiger partial charge in [-0.3, -0.25) is 4.68 Å². The maximum Gasteiger partial charge on any atom is 0.315 e. The lowest BCUT2D eigenvalue weighted by molar-refractivity contribution is 0.237. The summed E-state index contributed by atoms with van der Waals surface area (Å²) in [5.41, 5.74) is 0.342. The van der Waals surface area contributed by atoms with Crippen LogP contribution in [0.3, 0.4) is 0 Å². The van der Waals surface area contributed by atoms with Crippen LogP contribution in [0.15, 0.2) is 24.5 Å². The number of benzene rings is 1. The van der Waals surface area contributed by atoms with Crippen molar-refractivity contribution in [3.63, 3.8) is 0 Å². The number of rotatable bonds is 5. The fraction of sp³-hybridized carbons (Fsp3) is 0.308. The fourth-order valence-corrected chi connectivity index (χ4v) is 2.59. The predicted octanol–water partition coefficient (Wildman–Crippen LogP) is 2.78. The van der Waals surface area contributed by atoms with Gasteiger partial charge in [-0.15, -0.1) is 5.10 Å². The average molecular weight is 346 g/mol. The molecule has 2 amide bonds. The Labute approximate surface area is 136 Å². The molecule has 9 heteroatoms. The maximum absolute atomic E-state index is 13.5. The summed E-state index contributed by atoms with van der Waals surface area (Å²) in [7, 11) is 0. The number of hydrogen-bond acceptors (Lipinski definition) is 3. The van der Waals surface area contributed by atoms with Gasteiger partial charge in [0.05, 0.1) is 23.8 Å². The van der Waals surface area contributed by atoms with E-state index in [1.165, 1.54) is 12.1 Å².